The molecule has 4 nitrogen and oxygen atoms in total. The van der Waals surface area contributed by atoms with Gasteiger partial charge in [0.2, 0.25) is 5.91 Å². The minimum atomic E-state index is -0.668. The summed E-state index contributed by atoms with van der Waals surface area (Å²) in [5.41, 5.74) is 1.93. The van der Waals surface area contributed by atoms with Gasteiger partial charge >= 0.3 is 0 Å². The number of carbonyl (C=O) groups excluding carboxylic acids is 1. The quantitative estimate of drug-likeness (QED) is 0.917. The topological polar surface area (TPSA) is 65.8 Å². The molecular weight excluding hydrogens is 270 g/mol. The van der Waals surface area contributed by atoms with Crippen LogP contribution >= 0.6 is 11.3 Å². The SMILES string of the molecule is Cc1csc(CNC(=O)C(C#N)Cc2ccccc2)n1. The van der Waals surface area contributed by atoms with Gasteiger partial charge in [-0.25, -0.2) is 4.98 Å². The fourth-order valence-corrected chi connectivity index (χ4v) is 2.53. The maximum atomic E-state index is 12.0. The van der Waals surface area contributed by atoms with Gasteiger partial charge in [0.15, 0.2) is 0 Å². The van der Waals surface area contributed by atoms with Crippen LogP contribution in [0.2, 0.25) is 0 Å². The first kappa shape index (κ1) is 14.2. The maximum Gasteiger partial charge on any atom is 0.238 e. The number of hydrogen-bond acceptors (Lipinski definition) is 4. The van der Waals surface area contributed by atoms with Crippen molar-refractivity contribution < 1.29 is 4.79 Å². The molecule has 0 aliphatic carbocycles. The Kier molecular flexibility index (Phi) is 4.85. The molecule has 2 rings (SSSR count). The molecule has 1 heterocycles. The van der Waals surface area contributed by atoms with Crippen LogP contribution < -0.4 is 5.32 Å². The molecule has 1 unspecified atom stereocenters. The minimum absolute atomic E-state index is 0.246. The van der Waals surface area contributed by atoms with Gasteiger partial charge in [0, 0.05) is 11.1 Å². The first-order valence-corrected chi connectivity index (χ1v) is 7.19. The van der Waals surface area contributed by atoms with E-state index in [-0.39, 0.29) is 5.91 Å². The van der Waals surface area contributed by atoms with Crippen LogP contribution in [0, 0.1) is 24.2 Å². The first-order valence-electron chi connectivity index (χ1n) is 6.31. The van der Waals surface area contributed by atoms with Gasteiger partial charge in [0.25, 0.3) is 0 Å². The summed E-state index contributed by atoms with van der Waals surface area (Å²) in [5, 5.41) is 14.7. The van der Waals surface area contributed by atoms with Crippen LogP contribution in [-0.4, -0.2) is 10.9 Å². The van der Waals surface area contributed by atoms with E-state index in [2.05, 4.69) is 16.4 Å². The highest BCUT2D eigenvalue weighted by Crippen LogP contribution is 2.10. The molecule has 0 saturated heterocycles. The second-order valence-corrected chi connectivity index (χ2v) is 5.41. The van der Waals surface area contributed by atoms with Crippen LogP contribution in [0.5, 0.6) is 0 Å². The molecule has 1 amide bonds. The van der Waals surface area contributed by atoms with Crippen molar-refractivity contribution in [3.05, 3.63) is 52.0 Å². The molecule has 0 fully saturated rings. The van der Waals surface area contributed by atoms with E-state index in [0.717, 1.165) is 16.3 Å². The Labute approximate surface area is 122 Å². The Bertz CT molecular complexity index is 616. The van der Waals surface area contributed by atoms with Crippen LogP contribution in [0.3, 0.4) is 0 Å². The average molecular weight is 285 g/mol. The number of nitrogens with zero attached hydrogens (tertiary/aromatic N) is 2. The zero-order chi connectivity index (χ0) is 14.4. The molecule has 0 saturated carbocycles. The summed E-state index contributed by atoms with van der Waals surface area (Å²) in [6.45, 7) is 2.29. The maximum absolute atomic E-state index is 12.0. The number of carbonyl (C=O) groups is 1. The number of hydrogen-bond donors (Lipinski definition) is 1. The fourth-order valence-electron chi connectivity index (χ4n) is 1.82. The van der Waals surface area contributed by atoms with E-state index >= 15 is 0 Å². The number of amides is 1. The Morgan fingerprint density at radius 1 is 1.45 bits per heavy atom. The number of aryl methyl sites for hydroxylation is 1. The monoisotopic (exact) mass is 285 g/mol. The average Bonchev–Trinajstić information content (AvgIpc) is 2.89. The zero-order valence-corrected chi connectivity index (χ0v) is 12.0. The predicted molar refractivity (Wildman–Crippen MR) is 77.9 cm³/mol. The van der Waals surface area contributed by atoms with Crippen molar-refractivity contribution in [2.24, 2.45) is 5.92 Å². The summed E-state index contributed by atoms with van der Waals surface area (Å²) in [7, 11) is 0. The lowest BCUT2D eigenvalue weighted by Crippen LogP contribution is -2.30. The standard InChI is InChI=1S/C15H15N3OS/c1-11-10-20-14(18-11)9-17-15(19)13(8-16)7-12-5-3-2-4-6-12/h2-6,10,13H,7,9H2,1H3,(H,17,19). The van der Waals surface area contributed by atoms with E-state index in [0.29, 0.717) is 13.0 Å². The highest BCUT2D eigenvalue weighted by molar-refractivity contribution is 7.09. The molecular formula is C15H15N3OS. The van der Waals surface area contributed by atoms with Gasteiger partial charge in [-0.3, -0.25) is 4.79 Å². The summed E-state index contributed by atoms with van der Waals surface area (Å²) in [6, 6.07) is 11.6. The molecule has 1 N–H and O–H groups in total. The lowest BCUT2D eigenvalue weighted by molar-refractivity contribution is -0.123. The van der Waals surface area contributed by atoms with E-state index in [1.807, 2.05) is 42.6 Å². The van der Waals surface area contributed by atoms with Crippen molar-refractivity contribution in [1.29, 1.82) is 5.26 Å². The molecule has 1 aromatic carbocycles. The van der Waals surface area contributed by atoms with Crippen molar-refractivity contribution in [3.8, 4) is 6.07 Å². The molecule has 0 aliphatic heterocycles. The van der Waals surface area contributed by atoms with Crippen LogP contribution in [-0.2, 0) is 17.8 Å². The molecule has 1 atom stereocenters. The van der Waals surface area contributed by atoms with E-state index in [9.17, 15) is 4.79 Å². The Balaban J connectivity index is 1.91. The summed E-state index contributed by atoms with van der Waals surface area (Å²) in [5.74, 6) is -0.914. The first-order chi connectivity index (χ1) is 9.69. The summed E-state index contributed by atoms with van der Waals surface area (Å²) < 4.78 is 0. The predicted octanol–water partition coefficient (Wildman–Crippen LogP) is 2.45. The Hall–Kier alpha value is -2.19. The molecule has 5 heteroatoms. The normalized spacial score (nSPS) is 11.6. The lowest BCUT2D eigenvalue weighted by Gasteiger charge is -2.09. The third kappa shape index (κ3) is 3.90. The third-order valence-corrected chi connectivity index (χ3v) is 3.80. The summed E-state index contributed by atoms with van der Waals surface area (Å²) >= 11 is 1.51. The summed E-state index contributed by atoms with van der Waals surface area (Å²) in [6.07, 6.45) is 0.431. The van der Waals surface area contributed by atoms with Crippen LogP contribution in [0.4, 0.5) is 0 Å². The minimum Gasteiger partial charge on any atom is -0.348 e. The Morgan fingerprint density at radius 3 is 2.80 bits per heavy atom. The highest BCUT2D eigenvalue weighted by Gasteiger charge is 2.18. The number of thiazole rings is 1. The molecule has 0 aliphatic rings. The third-order valence-electron chi connectivity index (χ3n) is 2.84. The summed E-state index contributed by atoms with van der Waals surface area (Å²) in [4.78, 5) is 16.3. The van der Waals surface area contributed by atoms with E-state index in [1.165, 1.54) is 11.3 Å². The van der Waals surface area contributed by atoms with Crippen molar-refractivity contribution >= 4 is 17.2 Å². The number of benzene rings is 1. The number of rotatable bonds is 5. The van der Waals surface area contributed by atoms with Gasteiger partial charge in [-0.15, -0.1) is 11.3 Å². The number of nitriles is 1. The van der Waals surface area contributed by atoms with Gasteiger partial charge in [0.1, 0.15) is 10.9 Å². The molecule has 102 valence electrons. The zero-order valence-electron chi connectivity index (χ0n) is 11.2. The van der Waals surface area contributed by atoms with E-state index in [1.54, 1.807) is 0 Å². The second-order valence-electron chi connectivity index (χ2n) is 4.47. The lowest BCUT2D eigenvalue weighted by atomic mass is 10.00. The fraction of sp³-hybridized carbons (Fsp3) is 0.267. The van der Waals surface area contributed by atoms with Crippen LogP contribution in [0.15, 0.2) is 35.7 Å². The molecule has 0 spiro atoms. The molecule has 0 bridgehead atoms. The van der Waals surface area contributed by atoms with Gasteiger partial charge in [-0.05, 0) is 18.9 Å². The van der Waals surface area contributed by atoms with Crippen LogP contribution in [0.1, 0.15) is 16.3 Å². The van der Waals surface area contributed by atoms with Crippen molar-refractivity contribution in [1.82, 2.24) is 10.3 Å². The molecule has 0 radical (unpaired) electrons. The number of aromatic nitrogens is 1. The molecule has 2 aromatic rings. The van der Waals surface area contributed by atoms with Crippen molar-refractivity contribution in [2.75, 3.05) is 0 Å². The van der Waals surface area contributed by atoms with Crippen molar-refractivity contribution in [2.45, 2.75) is 19.9 Å². The molecule has 1 aromatic heterocycles. The van der Waals surface area contributed by atoms with Gasteiger partial charge < -0.3 is 5.32 Å². The van der Waals surface area contributed by atoms with E-state index in [4.69, 9.17) is 5.26 Å². The van der Waals surface area contributed by atoms with E-state index < -0.39 is 5.92 Å². The number of nitrogens with one attached hydrogen (secondary N) is 1. The Morgan fingerprint density at radius 2 is 2.20 bits per heavy atom. The largest absolute Gasteiger partial charge is 0.348 e. The highest BCUT2D eigenvalue weighted by atomic mass is 32.1. The molecule has 20 heavy (non-hydrogen) atoms. The van der Waals surface area contributed by atoms with Gasteiger partial charge in [-0.2, -0.15) is 5.26 Å². The second kappa shape index (κ2) is 6.83. The van der Waals surface area contributed by atoms with Gasteiger partial charge in [0.05, 0.1) is 12.6 Å². The van der Waals surface area contributed by atoms with Crippen LogP contribution in [0.25, 0.3) is 0 Å². The smallest absolute Gasteiger partial charge is 0.238 e. The van der Waals surface area contributed by atoms with Gasteiger partial charge in [-0.1, -0.05) is 30.3 Å². The van der Waals surface area contributed by atoms with Crippen molar-refractivity contribution in [3.63, 3.8) is 0 Å².